The highest BCUT2D eigenvalue weighted by atomic mass is 32.2. The minimum atomic E-state index is -1.75. The van der Waals surface area contributed by atoms with Crippen LogP contribution in [0, 0.1) is 0 Å². The summed E-state index contributed by atoms with van der Waals surface area (Å²) in [5.74, 6) is 0.207. The van der Waals surface area contributed by atoms with Gasteiger partial charge in [-0.05, 0) is 43.3 Å². The van der Waals surface area contributed by atoms with E-state index in [1.807, 2.05) is 30.3 Å². The molecule has 0 radical (unpaired) electrons. The number of thiophene rings is 1. The average Bonchev–Trinajstić information content (AvgIpc) is 3.25. The van der Waals surface area contributed by atoms with Crippen molar-refractivity contribution in [1.82, 2.24) is 4.98 Å². The number of ether oxygens (including phenoxy) is 2. The number of hydrogen-bond donors (Lipinski definition) is 0. The van der Waals surface area contributed by atoms with E-state index in [9.17, 15) is 13.2 Å². The second-order valence-corrected chi connectivity index (χ2v) is 11.6. The van der Waals surface area contributed by atoms with Gasteiger partial charge in [0.15, 0.2) is 22.2 Å². The molecular formula is C25H24N2O7S4. The maximum absolute atomic E-state index is 12.9. The number of carbonyl (C=O) groups excluding carboxylic acids is 1. The number of nitrogens with zero attached hydrogens (tertiary/aromatic N) is 2. The Bertz CT molecular complexity index is 1450. The van der Waals surface area contributed by atoms with Crippen molar-refractivity contribution in [2.75, 3.05) is 24.3 Å². The molecule has 0 saturated heterocycles. The zero-order chi connectivity index (χ0) is 27.1. The summed E-state index contributed by atoms with van der Waals surface area (Å²) in [6.07, 6.45) is 6.09. The summed E-state index contributed by atoms with van der Waals surface area (Å²) >= 11 is -0.903. The summed E-state index contributed by atoms with van der Waals surface area (Å²) in [6.45, 7) is 2.34. The number of benzene rings is 2. The van der Waals surface area contributed by atoms with Crippen LogP contribution in [0.25, 0.3) is 10.1 Å². The van der Waals surface area contributed by atoms with E-state index in [0.29, 0.717) is 32.7 Å². The predicted octanol–water partition coefficient (Wildman–Crippen LogP) is 5.46. The van der Waals surface area contributed by atoms with Gasteiger partial charge >= 0.3 is 5.97 Å². The number of carbonyl (C=O) groups is 1. The van der Waals surface area contributed by atoms with E-state index in [4.69, 9.17) is 18.0 Å². The van der Waals surface area contributed by atoms with Crippen LogP contribution in [0.15, 0.2) is 76.8 Å². The molecule has 13 heteroatoms. The molecule has 2 heterocycles. The molecule has 0 bridgehead atoms. The quantitative estimate of drug-likeness (QED) is 0.156. The molecule has 0 saturated carbocycles. The Balaban J connectivity index is 1.71. The molecule has 38 heavy (non-hydrogen) atoms. The molecule has 0 aliphatic carbocycles. The highest BCUT2D eigenvalue weighted by Crippen LogP contribution is 2.45. The molecule has 9 nitrogen and oxygen atoms in total. The summed E-state index contributed by atoms with van der Waals surface area (Å²) in [4.78, 5) is 18.7. The van der Waals surface area contributed by atoms with Gasteiger partial charge < -0.3 is 9.47 Å². The van der Waals surface area contributed by atoms with Gasteiger partial charge in [0.1, 0.15) is 22.9 Å². The summed E-state index contributed by atoms with van der Waals surface area (Å²) in [7, 11) is 0. The van der Waals surface area contributed by atoms with E-state index in [-0.39, 0.29) is 6.61 Å². The molecule has 0 N–H and O–H groups in total. The lowest BCUT2D eigenvalue weighted by Gasteiger charge is -2.21. The second-order valence-electron chi connectivity index (χ2n) is 7.57. The number of aromatic nitrogens is 1. The van der Waals surface area contributed by atoms with Crippen molar-refractivity contribution in [2.45, 2.75) is 23.3 Å². The summed E-state index contributed by atoms with van der Waals surface area (Å²) in [5.41, 5.74) is 1.31. The lowest BCUT2D eigenvalue weighted by atomic mass is 10.2. The third-order valence-corrected chi connectivity index (χ3v) is 7.97. The van der Waals surface area contributed by atoms with Crippen LogP contribution in [0.3, 0.4) is 0 Å². The Morgan fingerprint density at radius 3 is 2.50 bits per heavy atom. The van der Waals surface area contributed by atoms with Gasteiger partial charge in [0.05, 0.1) is 6.61 Å². The van der Waals surface area contributed by atoms with Crippen LogP contribution >= 0.6 is 23.1 Å². The van der Waals surface area contributed by atoms with Crippen molar-refractivity contribution in [3.8, 4) is 5.75 Å². The molecule has 200 valence electrons. The molecule has 4 rings (SSSR count). The van der Waals surface area contributed by atoms with Gasteiger partial charge in [-0.15, -0.1) is 19.9 Å². The monoisotopic (exact) mass is 592 g/mol. The number of anilines is 1. The lowest BCUT2D eigenvalue weighted by molar-refractivity contribution is 0.0528. The Morgan fingerprint density at radius 2 is 1.82 bits per heavy atom. The standard InChI is InChI=1S/C25H24N2O7S4/c1-4-31-25(28)24-23(35-21-10-6-5-9-20(21)27(33-37(2)29)34-38(3)30)19-12-11-18(14-22(19)36-24)32-16-17-8-7-13-26-15-17/h5-15H,4,16H2,1-3H3. The molecule has 0 fully saturated rings. The number of para-hydroxylation sites is 1. The Morgan fingerprint density at radius 1 is 1.05 bits per heavy atom. The SMILES string of the molecule is CCOC(=O)c1sc2cc(OCc3cccnc3)ccc2c1Sc1ccccc1N(OS(C)=O)OS(C)=O. The normalized spacial score (nSPS) is 12.7. The van der Waals surface area contributed by atoms with E-state index in [1.54, 1.807) is 43.6 Å². The molecule has 2 aromatic heterocycles. The molecule has 0 aliphatic rings. The molecule has 2 unspecified atom stereocenters. The maximum Gasteiger partial charge on any atom is 0.349 e. The Hall–Kier alpha value is -2.81. The van der Waals surface area contributed by atoms with Gasteiger partial charge in [-0.3, -0.25) is 4.98 Å². The van der Waals surface area contributed by atoms with E-state index in [1.165, 1.54) is 35.6 Å². The number of fused-ring (bicyclic) bond motifs is 1. The zero-order valence-corrected chi connectivity index (χ0v) is 23.9. The minimum Gasteiger partial charge on any atom is -0.489 e. The van der Waals surface area contributed by atoms with Crippen molar-refractivity contribution >= 4 is 67.0 Å². The molecular weight excluding hydrogens is 569 g/mol. The summed E-state index contributed by atoms with van der Waals surface area (Å²) in [5, 5.41) is 1.70. The average molecular weight is 593 g/mol. The van der Waals surface area contributed by atoms with Crippen LogP contribution in [0.2, 0.25) is 0 Å². The van der Waals surface area contributed by atoms with Crippen molar-refractivity contribution < 1.29 is 31.3 Å². The van der Waals surface area contributed by atoms with Crippen molar-refractivity contribution in [3.05, 3.63) is 77.4 Å². The maximum atomic E-state index is 12.9. The number of rotatable bonds is 12. The van der Waals surface area contributed by atoms with E-state index in [0.717, 1.165) is 20.9 Å². The first-order valence-electron chi connectivity index (χ1n) is 11.2. The van der Waals surface area contributed by atoms with Crippen molar-refractivity contribution in [2.24, 2.45) is 0 Å². The highest BCUT2D eigenvalue weighted by Gasteiger charge is 2.24. The third-order valence-electron chi connectivity index (χ3n) is 4.82. The number of hydrogen-bond acceptors (Lipinski definition) is 11. The molecule has 0 aliphatic heterocycles. The van der Waals surface area contributed by atoms with E-state index in [2.05, 4.69) is 4.98 Å². The Labute approximate surface area is 233 Å². The second kappa shape index (κ2) is 13.3. The topological polar surface area (TPSA) is 104 Å². The minimum absolute atomic E-state index is 0.229. The van der Waals surface area contributed by atoms with Gasteiger partial charge in [-0.25, -0.2) is 13.2 Å². The van der Waals surface area contributed by atoms with Gasteiger partial charge in [-0.2, -0.15) is 0 Å². The first kappa shape index (κ1) is 28.2. The van der Waals surface area contributed by atoms with E-state index >= 15 is 0 Å². The van der Waals surface area contributed by atoms with Crippen LogP contribution in [0.5, 0.6) is 5.75 Å². The van der Waals surface area contributed by atoms with Crippen LogP contribution < -0.4 is 9.96 Å². The first-order valence-corrected chi connectivity index (χ1v) is 15.8. The van der Waals surface area contributed by atoms with Gasteiger partial charge in [0, 0.05) is 50.3 Å². The zero-order valence-electron chi connectivity index (χ0n) is 20.7. The van der Waals surface area contributed by atoms with Gasteiger partial charge in [0.25, 0.3) is 0 Å². The predicted molar refractivity (Wildman–Crippen MR) is 150 cm³/mol. The fourth-order valence-electron chi connectivity index (χ4n) is 3.31. The van der Waals surface area contributed by atoms with Crippen molar-refractivity contribution in [1.29, 1.82) is 0 Å². The largest absolute Gasteiger partial charge is 0.489 e. The molecule has 2 aromatic carbocycles. The summed E-state index contributed by atoms with van der Waals surface area (Å²) < 4.78 is 46.2. The third kappa shape index (κ3) is 7.18. The van der Waals surface area contributed by atoms with Crippen LogP contribution in [-0.2, 0) is 42.1 Å². The first-order chi connectivity index (χ1) is 18.4. The Kier molecular flexibility index (Phi) is 9.88. The fourth-order valence-corrected chi connectivity index (χ4v) is 6.37. The molecule has 0 spiro atoms. The van der Waals surface area contributed by atoms with E-state index < -0.39 is 28.1 Å². The van der Waals surface area contributed by atoms with Crippen LogP contribution in [0.1, 0.15) is 22.2 Å². The lowest BCUT2D eigenvalue weighted by Crippen LogP contribution is -2.26. The van der Waals surface area contributed by atoms with Gasteiger partial charge in [-0.1, -0.05) is 35.2 Å². The van der Waals surface area contributed by atoms with Crippen LogP contribution in [0.4, 0.5) is 5.69 Å². The number of esters is 1. The van der Waals surface area contributed by atoms with Gasteiger partial charge in [0.2, 0.25) is 0 Å². The summed E-state index contributed by atoms with van der Waals surface area (Å²) in [6, 6.07) is 16.4. The molecule has 4 aromatic rings. The number of pyridine rings is 1. The molecule has 0 amide bonds. The van der Waals surface area contributed by atoms with Crippen LogP contribution in [-0.4, -0.2) is 38.5 Å². The molecule has 2 atom stereocenters. The fraction of sp³-hybridized carbons (Fsp3) is 0.200. The smallest absolute Gasteiger partial charge is 0.349 e. The van der Waals surface area contributed by atoms with Crippen molar-refractivity contribution in [3.63, 3.8) is 0 Å². The highest BCUT2D eigenvalue weighted by molar-refractivity contribution is 8.00.